The van der Waals surface area contributed by atoms with E-state index in [1.54, 1.807) is 0 Å². The topological polar surface area (TPSA) is 59.2 Å². The molecule has 0 saturated heterocycles. The van der Waals surface area contributed by atoms with Gasteiger partial charge in [-0.3, -0.25) is 0 Å². The largest absolute Gasteiger partial charge is 0.357 e. The summed E-state index contributed by atoms with van der Waals surface area (Å²) in [6.45, 7) is 7.21. The summed E-state index contributed by atoms with van der Waals surface area (Å²) in [5.41, 5.74) is 3.20. The van der Waals surface area contributed by atoms with Crippen LogP contribution in [0.3, 0.4) is 0 Å². The van der Waals surface area contributed by atoms with Crippen molar-refractivity contribution in [1.82, 2.24) is 25.0 Å². The summed E-state index contributed by atoms with van der Waals surface area (Å²) in [6, 6.07) is 14.3. The Balaban J connectivity index is 0.00000261. The number of para-hydroxylation sites is 1. The first-order valence-corrected chi connectivity index (χ1v) is 8.99. The molecule has 1 aromatic carbocycles. The Morgan fingerprint density at radius 1 is 1.04 bits per heavy atom. The Bertz CT molecular complexity index is 838. The second-order valence-corrected chi connectivity index (χ2v) is 6.07. The molecule has 0 aliphatic rings. The second kappa shape index (κ2) is 10.8. The quantitative estimate of drug-likeness (QED) is 0.311. The second-order valence-electron chi connectivity index (χ2n) is 6.07. The third-order valence-electron chi connectivity index (χ3n) is 4.04. The van der Waals surface area contributed by atoms with Gasteiger partial charge in [-0.25, -0.2) is 9.67 Å². The number of aromatic nitrogens is 3. The van der Waals surface area contributed by atoms with Crippen molar-refractivity contribution in [1.29, 1.82) is 0 Å². The number of nitrogens with one attached hydrogen (secondary N) is 2. The lowest BCUT2D eigenvalue weighted by molar-refractivity contribution is 0.665. The van der Waals surface area contributed by atoms with E-state index >= 15 is 0 Å². The molecule has 3 aromatic rings. The zero-order valence-corrected chi connectivity index (χ0v) is 18.1. The number of rotatable bonds is 7. The molecule has 0 aliphatic carbocycles. The van der Waals surface area contributed by atoms with Gasteiger partial charge in [-0.1, -0.05) is 18.2 Å². The molecule has 7 heteroatoms. The Morgan fingerprint density at radius 3 is 2.52 bits per heavy atom. The standard InChI is InChI=1S/C20H26N6.HI/c1-3-21-20(22-11-15-25-12-6-7-13-25)23-16-18-8-4-5-9-19(18)26-14-10-17(2)24-26;/h4-10,12-14H,3,11,15-16H2,1-2H3,(H2,21,22,23);1H. The fourth-order valence-electron chi connectivity index (χ4n) is 2.75. The average molecular weight is 478 g/mol. The van der Waals surface area contributed by atoms with Crippen LogP contribution in [0.1, 0.15) is 18.2 Å². The minimum atomic E-state index is 0. The molecule has 2 aromatic heterocycles. The van der Waals surface area contributed by atoms with E-state index in [9.17, 15) is 0 Å². The van der Waals surface area contributed by atoms with Crippen molar-refractivity contribution in [3.63, 3.8) is 0 Å². The van der Waals surface area contributed by atoms with Crippen LogP contribution in [0, 0.1) is 6.92 Å². The summed E-state index contributed by atoms with van der Waals surface area (Å²) in [7, 11) is 0. The summed E-state index contributed by atoms with van der Waals surface area (Å²) < 4.78 is 4.05. The van der Waals surface area contributed by atoms with Crippen molar-refractivity contribution < 1.29 is 0 Å². The SMILES string of the molecule is CCNC(=NCc1ccccc1-n1ccc(C)n1)NCCn1cccc1.I. The van der Waals surface area contributed by atoms with Crippen molar-refractivity contribution in [2.24, 2.45) is 4.99 Å². The molecule has 6 nitrogen and oxygen atoms in total. The van der Waals surface area contributed by atoms with Crippen LogP contribution in [0.2, 0.25) is 0 Å². The number of aryl methyl sites for hydroxylation is 1. The van der Waals surface area contributed by atoms with E-state index in [0.717, 1.165) is 42.5 Å². The number of benzene rings is 1. The molecule has 144 valence electrons. The van der Waals surface area contributed by atoms with Gasteiger partial charge in [0.2, 0.25) is 0 Å². The van der Waals surface area contributed by atoms with E-state index in [1.165, 1.54) is 0 Å². The van der Waals surface area contributed by atoms with Crippen LogP contribution in [-0.4, -0.2) is 33.4 Å². The molecule has 0 amide bonds. The summed E-state index contributed by atoms with van der Waals surface area (Å²) in [4.78, 5) is 4.74. The van der Waals surface area contributed by atoms with Gasteiger partial charge in [-0.15, -0.1) is 24.0 Å². The molecule has 27 heavy (non-hydrogen) atoms. The number of hydrogen-bond donors (Lipinski definition) is 2. The van der Waals surface area contributed by atoms with Gasteiger partial charge >= 0.3 is 0 Å². The third kappa shape index (κ3) is 6.13. The fraction of sp³-hybridized carbons (Fsp3) is 0.300. The van der Waals surface area contributed by atoms with Gasteiger partial charge in [0.25, 0.3) is 0 Å². The van der Waals surface area contributed by atoms with Gasteiger partial charge in [-0.2, -0.15) is 5.10 Å². The van der Waals surface area contributed by atoms with Crippen molar-refractivity contribution >= 4 is 29.9 Å². The van der Waals surface area contributed by atoms with Gasteiger partial charge in [-0.05, 0) is 43.7 Å². The average Bonchev–Trinajstić information content (AvgIpc) is 3.32. The van der Waals surface area contributed by atoms with E-state index in [2.05, 4.69) is 51.7 Å². The van der Waals surface area contributed by atoms with Gasteiger partial charge in [0.1, 0.15) is 0 Å². The van der Waals surface area contributed by atoms with Crippen LogP contribution in [0.5, 0.6) is 0 Å². The summed E-state index contributed by atoms with van der Waals surface area (Å²) in [6.07, 6.45) is 6.11. The summed E-state index contributed by atoms with van der Waals surface area (Å²) >= 11 is 0. The molecule has 2 heterocycles. The molecule has 3 rings (SSSR count). The van der Waals surface area contributed by atoms with Crippen molar-refractivity contribution in [2.75, 3.05) is 13.1 Å². The van der Waals surface area contributed by atoms with Crippen LogP contribution in [0.15, 0.2) is 66.0 Å². The fourth-order valence-corrected chi connectivity index (χ4v) is 2.75. The molecule has 0 fully saturated rings. The highest BCUT2D eigenvalue weighted by Gasteiger charge is 2.05. The Kier molecular flexibility index (Phi) is 8.38. The summed E-state index contributed by atoms with van der Waals surface area (Å²) in [5, 5.41) is 11.2. The molecule has 0 radical (unpaired) electrons. The van der Waals surface area contributed by atoms with E-state index in [1.807, 2.05) is 48.1 Å². The maximum atomic E-state index is 4.74. The van der Waals surface area contributed by atoms with Gasteiger partial charge in [0.05, 0.1) is 17.9 Å². The minimum Gasteiger partial charge on any atom is -0.357 e. The highest BCUT2D eigenvalue weighted by atomic mass is 127. The van der Waals surface area contributed by atoms with Gasteiger partial charge in [0.15, 0.2) is 5.96 Å². The highest BCUT2D eigenvalue weighted by molar-refractivity contribution is 14.0. The Labute approximate surface area is 177 Å². The van der Waals surface area contributed by atoms with Crippen LogP contribution >= 0.6 is 24.0 Å². The smallest absolute Gasteiger partial charge is 0.191 e. The van der Waals surface area contributed by atoms with Crippen molar-refractivity contribution in [3.05, 3.63) is 72.3 Å². The third-order valence-corrected chi connectivity index (χ3v) is 4.04. The van der Waals surface area contributed by atoms with E-state index in [-0.39, 0.29) is 24.0 Å². The number of guanidine groups is 1. The maximum Gasteiger partial charge on any atom is 0.191 e. The zero-order valence-electron chi connectivity index (χ0n) is 15.8. The number of aliphatic imine (C=N–C) groups is 1. The number of hydrogen-bond acceptors (Lipinski definition) is 2. The molecule has 0 atom stereocenters. The lowest BCUT2D eigenvalue weighted by Crippen LogP contribution is -2.38. The molecule has 2 N–H and O–H groups in total. The first-order valence-electron chi connectivity index (χ1n) is 8.99. The monoisotopic (exact) mass is 478 g/mol. The number of nitrogens with zero attached hydrogens (tertiary/aromatic N) is 4. The van der Waals surface area contributed by atoms with Crippen molar-refractivity contribution in [2.45, 2.75) is 26.9 Å². The molecule has 0 saturated carbocycles. The number of halogens is 1. The first kappa shape index (κ1) is 21.0. The maximum absolute atomic E-state index is 4.74. The van der Waals surface area contributed by atoms with E-state index < -0.39 is 0 Å². The zero-order chi connectivity index (χ0) is 18.2. The summed E-state index contributed by atoms with van der Waals surface area (Å²) in [5.74, 6) is 0.825. The predicted molar refractivity (Wildman–Crippen MR) is 121 cm³/mol. The molecule has 0 unspecified atom stereocenters. The molecule has 0 spiro atoms. The van der Waals surface area contributed by atoms with Crippen LogP contribution in [0.25, 0.3) is 5.69 Å². The minimum absolute atomic E-state index is 0. The molecule has 0 bridgehead atoms. The Morgan fingerprint density at radius 2 is 1.81 bits per heavy atom. The molecule has 0 aliphatic heterocycles. The van der Waals surface area contributed by atoms with E-state index in [0.29, 0.717) is 6.54 Å². The highest BCUT2D eigenvalue weighted by Crippen LogP contribution is 2.15. The first-order chi connectivity index (χ1) is 12.8. The van der Waals surface area contributed by atoms with Crippen LogP contribution in [-0.2, 0) is 13.1 Å². The molecular weight excluding hydrogens is 451 g/mol. The van der Waals surface area contributed by atoms with Crippen LogP contribution < -0.4 is 10.6 Å². The lowest BCUT2D eigenvalue weighted by Gasteiger charge is -2.13. The Hall–Kier alpha value is -2.29. The normalized spacial score (nSPS) is 11.1. The van der Waals surface area contributed by atoms with Crippen molar-refractivity contribution in [3.8, 4) is 5.69 Å². The van der Waals surface area contributed by atoms with Gasteiger partial charge in [0, 0.05) is 38.2 Å². The van der Waals surface area contributed by atoms with E-state index in [4.69, 9.17) is 4.99 Å². The van der Waals surface area contributed by atoms with Crippen LogP contribution in [0.4, 0.5) is 0 Å². The predicted octanol–water partition coefficient (Wildman–Crippen LogP) is 3.36. The van der Waals surface area contributed by atoms with Gasteiger partial charge < -0.3 is 15.2 Å². The molecular formula is C20H27IN6. The lowest BCUT2D eigenvalue weighted by atomic mass is 10.2.